The molecule has 0 amide bonds. The predicted molar refractivity (Wildman–Crippen MR) is 64.8 cm³/mol. The average molecular weight is 216 g/mol. The van der Waals surface area contributed by atoms with Gasteiger partial charge >= 0.3 is 0 Å². The third-order valence-electron chi connectivity index (χ3n) is 4.96. The molecule has 86 valence electrons. The van der Waals surface area contributed by atoms with Crippen LogP contribution < -0.4 is 0 Å². The van der Waals surface area contributed by atoms with E-state index in [9.17, 15) is 4.79 Å². The van der Waals surface area contributed by atoms with E-state index in [1.54, 1.807) is 0 Å². The Kier molecular flexibility index (Phi) is 2.31. The van der Waals surface area contributed by atoms with Gasteiger partial charge < -0.3 is 0 Å². The van der Waals surface area contributed by atoms with E-state index >= 15 is 0 Å². The van der Waals surface area contributed by atoms with Crippen molar-refractivity contribution < 1.29 is 4.79 Å². The van der Waals surface area contributed by atoms with Crippen LogP contribution in [-0.4, -0.2) is 5.78 Å². The molecule has 0 unspecified atom stereocenters. The first-order valence-corrected chi connectivity index (χ1v) is 6.57. The molecule has 0 aliphatic heterocycles. The van der Waals surface area contributed by atoms with Gasteiger partial charge in [0, 0.05) is 11.8 Å². The number of fused-ring (bicyclic) bond motifs is 3. The van der Waals surface area contributed by atoms with E-state index in [1.807, 2.05) is 0 Å². The van der Waals surface area contributed by atoms with Crippen molar-refractivity contribution >= 4 is 5.78 Å². The van der Waals surface area contributed by atoms with Gasteiger partial charge in [0.2, 0.25) is 0 Å². The van der Waals surface area contributed by atoms with Crippen molar-refractivity contribution in [2.45, 2.75) is 26.7 Å². The van der Waals surface area contributed by atoms with E-state index in [1.165, 1.54) is 0 Å². The van der Waals surface area contributed by atoms with Crippen LogP contribution in [0.4, 0.5) is 0 Å². The van der Waals surface area contributed by atoms with Crippen LogP contribution in [0.5, 0.6) is 0 Å². The number of hydrogen-bond acceptors (Lipinski definition) is 1. The van der Waals surface area contributed by atoms with Crippen LogP contribution in [-0.2, 0) is 4.79 Å². The Morgan fingerprint density at radius 1 is 0.938 bits per heavy atom. The average Bonchev–Trinajstić information content (AvgIpc) is 2.56. The third-order valence-corrected chi connectivity index (χ3v) is 4.96. The molecule has 0 heterocycles. The fourth-order valence-electron chi connectivity index (χ4n) is 4.26. The molecule has 3 aliphatic carbocycles. The fourth-order valence-corrected chi connectivity index (χ4v) is 4.26. The van der Waals surface area contributed by atoms with Gasteiger partial charge in [0.15, 0.2) is 0 Å². The highest BCUT2D eigenvalue weighted by Crippen LogP contribution is 2.52. The zero-order valence-electron chi connectivity index (χ0n) is 10.1. The summed E-state index contributed by atoms with van der Waals surface area (Å²) in [5, 5.41) is 0. The highest BCUT2D eigenvalue weighted by molar-refractivity contribution is 5.87. The van der Waals surface area contributed by atoms with Crippen molar-refractivity contribution in [3.63, 3.8) is 0 Å². The zero-order valence-corrected chi connectivity index (χ0v) is 10.1. The molecule has 0 aromatic carbocycles. The van der Waals surface area contributed by atoms with Crippen LogP contribution in [0.2, 0.25) is 0 Å². The molecule has 3 rings (SSSR count). The van der Waals surface area contributed by atoms with Gasteiger partial charge in [0.1, 0.15) is 5.78 Å². The fraction of sp³-hybridized carbons (Fsp3) is 0.667. The summed E-state index contributed by atoms with van der Waals surface area (Å²) in [6.45, 7) is 4.42. The van der Waals surface area contributed by atoms with E-state index in [4.69, 9.17) is 0 Å². The van der Waals surface area contributed by atoms with E-state index in [-0.39, 0.29) is 0 Å². The van der Waals surface area contributed by atoms with Gasteiger partial charge in [-0.25, -0.2) is 0 Å². The SMILES string of the molecule is C[C@H]1C=CC[C@H]2[C@@H]3CC=C[C@H](C)[C@H]3C(=O)[C@H]21. The minimum Gasteiger partial charge on any atom is -0.299 e. The lowest BCUT2D eigenvalue weighted by atomic mass is 9.73. The van der Waals surface area contributed by atoms with Gasteiger partial charge in [-0.05, 0) is 36.5 Å². The van der Waals surface area contributed by atoms with Crippen molar-refractivity contribution in [2.24, 2.45) is 35.5 Å². The molecule has 3 aliphatic rings. The van der Waals surface area contributed by atoms with Crippen LogP contribution in [0.15, 0.2) is 24.3 Å². The van der Waals surface area contributed by atoms with Crippen molar-refractivity contribution in [1.82, 2.24) is 0 Å². The summed E-state index contributed by atoms with van der Waals surface area (Å²) in [4.78, 5) is 12.5. The lowest BCUT2D eigenvalue weighted by molar-refractivity contribution is -0.126. The van der Waals surface area contributed by atoms with E-state index in [2.05, 4.69) is 38.2 Å². The third kappa shape index (κ3) is 1.27. The summed E-state index contributed by atoms with van der Waals surface area (Å²) >= 11 is 0. The highest BCUT2D eigenvalue weighted by atomic mass is 16.1. The van der Waals surface area contributed by atoms with Crippen LogP contribution in [0.1, 0.15) is 26.7 Å². The summed E-state index contributed by atoms with van der Waals surface area (Å²) in [5.74, 6) is 3.39. The second-order valence-electron chi connectivity index (χ2n) is 5.83. The number of Topliss-reactive ketones (excluding diaryl/α,β-unsaturated/α-hetero) is 1. The van der Waals surface area contributed by atoms with E-state index in [0.29, 0.717) is 41.3 Å². The molecule has 0 bridgehead atoms. The molecule has 0 N–H and O–H groups in total. The Bertz CT molecular complexity index is 332. The summed E-state index contributed by atoms with van der Waals surface area (Å²) < 4.78 is 0. The normalized spacial score (nSPS) is 50.2. The molecule has 16 heavy (non-hydrogen) atoms. The molecule has 1 fully saturated rings. The molecule has 1 heteroatoms. The lowest BCUT2D eigenvalue weighted by Crippen LogP contribution is -2.26. The first-order chi connectivity index (χ1) is 7.70. The summed E-state index contributed by atoms with van der Waals surface area (Å²) in [6, 6.07) is 0. The van der Waals surface area contributed by atoms with Crippen LogP contribution in [0, 0.1) is 35.5 Å². The van der Waals surface area contributed by atoms with Gasteiger partial charge in [0.05, 0.1) is 0 Å². The Labute approximate surface area is 97.6 Å². The van der Waals surface area contributed by atoms with E-state index in [0.717, 1.165) is 12.8 Å². The molecule has 0 radical (unpaired) electrons. The first kappa shape index (κ1) is 10.3. The minimum absolute atomic E-state index is 0.322. The topological polar surface area (TPSA) is 17.1 Å². The molecule has 0 aromatic rings. The molecule has 0 aromatic heterocycles. The highest BCUT2D eigenvalue weighted by Gasteiger charge is 2.52. The van der Waals surface area contributed by atoms with Gasteiger partial charge in [-0.3, -0.25) is 4.79 Å². The zero-order chi connectivity index (χ0) is 11.3. The largest absolute Gasteiger partial charge is 0.299 e. The summed E-state index contributed by atoms with van der Waals surface area (Å²) in [7, 11) is 0. The van der Waals surface area contributed by atoms with E-state index < -0.39 is 0 Å². The number of carbonyl (C=O) groups excluding carboxylic acids is 1. The maximum absolute atomic E-state index is 12.5. The molecular formula is C15H20O. The standard InChI is InChI=1S/C15H20O/c1-9-5-3-7-11-12-8-4-6-10(2)14(12)15(16)13(9)11/h3-6,9-14H,7-8H2,1-2H3/t9-,10-,11-,12-,13-,14+/m0/s1. The van der Waals surface area contributed by atoms with Gasteiger partial charge in [0.25, 0.3) is 0 Å². The molecule has 1 nitrogen and oxygen atoms in total. The second kappa shape index (κ2) is 3.58. The van der Waals surface area contributed by atoms with Crippen LogP contribution in [0.25, 0.3) is 0 Å². The van der Waals surface area contributed by atoms with Gasteiger partial charge in [-0.1, -0.05) is 38.2 Å². The van der Waals surface area contributed by atoms with Crippen molar-refractivity contribution in [2.75, 3.05) is 0 Å². The van der Waals surface area contributed by atoms with Gasteiger partial charge in [-0.15, -0.1) is 0 Å². The second-order valence-corrected chi connectivity index (χ2v) is 5.83. The van der Waals surface area contributed by atoms with Crippen molar-refractivity contribution in [3.8, 4) is 0 Å². The number of allylic oxidation sites excluding steroid dienone is 4. The Balaban J connectivity index is 1.98. The van der Waals surface area contributed by atoms with Crippen LogP contribution >= 0.6 is 0 Å². The quantitative estimate of drug-likeness (QED) is 0.568. The number of ketones is 1. The van der Waals surface area contributed by atoms with Crippen molar-refractivity contribution in [3.05, 3.63) is 24.3 Å². The Morgan fingerprint density at radius 3 is 1.81 bits per heavy atom. The molecule has 0 saturated heterocycles. The first-order valence-electron chi connectivity index (χ1n) is 6.57. The number of rotatable bonds is 0. The Hall–Kier alpha value is -0.850. The number of carbonyl (C=O) groups is 1. The molecule has 6 atom stereocenters. The minimum atomic E-state index is 0.322. The Morgan fingerprint density at radius 2 is 1.38 bits per heavy atom. The van der Waals surface area contributed by atoms with Crippen molar-refractivity contribution in [1.29, 1.82) is 0 Å². The predicted octanol–water partition coefficient (Wildman–Crippen LogP) is 3.23. The molecule has 1 saturated carbocycles. The summed E-state index contributed by atoms with van der Waals surface area (Å²) in [6.07, 6.45) is 11.3. The van der Waals surface area contributed by atoms with Gasteiger partial charge in [-0.2, -0.15) is 0 Å². The van der Waals surface area contributed by atoms with Crippen LogP contribution in [0.3, 0.4) is 0 Å². The number of hydrogen-bond donors (Lipinski definition) is 0. The maximum atomic E-state index is 12.5. The monoisotopic (exact) mass is 216 g/mol. The smallest absolute Gasteiger partial charge is 0.140 e. The lowest BCUT2D eigenvalue weighted by Gasteiger charge is -2.31. The maximum Gasteiger partial charge on any atom is 0.140 e. The molecular weight excluding hydrogens is 196 g/mol. The molecule has 0 spiro atoms. The summed E-state index contributed by atoms with van der Waals surface area (Å²) in [5.41, 5.74) is 0.